The first-order valence-electron chi connectivity index (χ1n) is 7.74. The summed E-state index contributed by atoms with van der Waals surface area (Å²) in [6, 6.07) is 0. The molecule has 0 N–H and O–H groups in total. The molecule has 2 fully saturated rings. The topological polar surface area (TPSA) is 0 Å². The Kier molecular flexibility index (Phi) is 4.80. The van der Waals surface area contributed by atoms with Crippen molar-refractivity contribution in [2.24, 2.45) is 17.3 Å². The van der Waals surface area contributed by atoms with Crippen molar-refractivity contribution in [1.82, 2.24) is 0 Å². The summed E-state index contributed by atoms with van der Waals surface area (Å²) >= 11 is 6.25. The van der Waals surface area contributed by atoms with Crippen LogP contribution in [0.2, 0.25) is 0 Å². The summed E-state index contributed by atoms with van der Waals surface area (Å²) in [6.07, 6.45) is 14.1. The van der Waals surface area contributed by atoms with Gasteiger partial charge in [-0.1, -0.05) is 39.5 Å². The maximum absolute atomic E-state index is 6.25. The molecule has 2 rings (SSSR count). The van der Waals surface area contributed by atoms with E-state index >= 15 is 0 Å². The second-order valence-electron chi connectivity index (χ2n) is 7.06. The monoisotopic (exact) mass is 256 g/mol. The van der Waals surface area contributed by atoms with E-state index in [1.54, 1.807) is 0 Å². The van der Waals surface area contributed by atoms with Crippen LogP contribution in [0.25, 0.3) is 0 Å². The molecule has 0 unspecified atom stereocenters. The molecule has 2 aliphatic rings. The van der Waals surface area contributed by atoms with E-state index in [0.717, 1.165) is 11.8 Å². The van der Waals surface area contributed by atoms with Crippen molar-refractivity contribution >= 4 is 11.6 Å². The molecule has 0 nitrogen and oxygen atoms in total. The lowest BCUT2D eigenvalue weighted by Crippen LogP contribution is -2.34. The van der Waals surface area contributed by atoms with Gasteiger partial charge >= 0.3 is 0 Å². The molecule has 17 heavy (non-hydrogen) atoms. The van der Waals surface area contributed by atoms with Crippen LogP contribution in [0.3, 0.4) is 0 Å². The van der Waals surface area contributed by atoms with Crippen LogP contribution < -0.4 is 0 Å². The lowest BCUT2D eigenvalue weighted by Gasteiger charge is -2.43. The minimum atomic E-state index is 0.475. The van der Waals surface area contributed by atoms with Crippen LogP contribution in [0.4, 0.5) is 0 Å². The normalized spacial score (nSPS) is 39.4. The molecule has 100 valence electrons. The van der Waals surface area contributed by atoms with E-state index in [-0.39, 0.29) is 0 Å². The Morgan fingerprint density at radius 3 is 2.18 bits per heavy atom. The standard InChI is InChI=1S/C16H29Cl/c1-16(2)12-6-4-3-5-7-15(16)13-8-10-14(17)11-9-13/h13-15H,3-12H2,1-2H3/t13?,14?,15-/m1/s1. The lowest BCUT2D eigenvalue weighted by molar-refractivity contribution is 0.0794. The second-order valence-corrected chi connectivity index (χ2v) is 7.68. The highest BCUT2D eigenvalue weighted by Crippen LogP contribution is 2.47. The predicted molar refractivity (Wildman–Crippen MR) is 76.6 cm³/mol. The molecule has 2 saturated carbocycles. The molecule has 0 radical (unpaired) electrons. The zero-order chi connectivity index (χ0) is 12.3. The SMILES string of the molecule is CC1(C)CCCCCC[C@@H]1C1CCC(Cl)CC1. The zero-order valence-corrected chi connectivity index (χ0v) is 12.4. The van der Waals surface area contributed by atoms with Crippen molar-refractivity contribution in [2.75, 3.05) is 0 Å². The van der Waals surface area contributed by atoms with E-state index in [1.807, 2.05) is 0 Å². The van der Waals surface area contributed by atoms with Gasteiger partial charge in [0.25, 0.3) is 0 Å². The second kappa shape index (κ2) is 5.95. The van der Waals surface area contributed by atoms with Gasteiger partial charge in [-0.3, -0.25) is 0 Å². The van der Waals surface area contributed by atoms with Crippen LogP contribution in [0.5, 0.6) is 0 Å². The first kappa shape index (κ1) is 13.7. The Labute approximate surface area is 113 Å². The molecule has 1 heteroatoms. The molecular formula is C16H29Cl. The van der Waals surface area contributed by atoms with E-state index < -0.39 is 0 Å². The fourth-order valence-corrected chi connectivity index (χ4v) is 4.48. The third-order valence-corrected chi connectivity index (χ3v) is 5.80. The Hall–Kier alpha value is 0.290. The van der Waals surface area contributed by atoms with Gasteiger partial charge in [-0.2, -0.15) is 0 Å². The Morgan fingerprint density at radius 1 is 0.824 bits per heavy atom. The highest BCUT2D eigenvalue weighted by atomic mass is 35.5. The van der Waals surface area contributed by atoms with Gasteiger partial charge in [0.1, 0.15) is 0 Å². The van der Waals surface area contributed by atoms with Crippen LogP contribution in [0, 0.1) is 17.3 Å². The highest BCUT2D eigenvalue weighted by Gasteiger charge is 2.36. The van der Waals surface area contributed by atoms with Gasteiger partial charge in [0.15, 0.2) is 0 Å². The predicted octanol–water partition coefficient (Wildman–Crippen LogP) is 5.78. The summed E-state index contributed by atoms with van der Waals surface area (Å²) in [6.45, 7) is 5.05. The molecule has 2 aliphatic carbocycles. The van der Waals surface area contributed by atoms with Gasteiger partial charge in [-0.15, -0.1) is 11.6 Å². The molecule has 1 atom stereocenters. The minimum absolute atomic E-state index is 0.475. The summed E-state index contributed by atoms with van der Waals surface area (Å²) in [5.74, 6) is 1.94. The first-order valence-corrected chi connectivity index (χ1v) is 8.17. The van der Waals surface area contributed by atoms with E-state index in [2.05, 4.69) is 13.8 Å². The molecular weight excluding hydrogens is 228 g/mol. The smallest absolute Gasteiger partial charge is 0.0336 e. The van der Waals surface area contributed by atoms with Crippen LogP contribution in [0.15, 0.2) is 0 Å². The molecule has 0 heterocycles. The first-order chi connectivity index (χ1) is 8.09. The van der Waals surface area contributed by atoms with Gasteiger partial charge in [0.05, 0.1) is 0 Å². The van der Waals surface area contributed by atoms with Crippen molar-refractivity contribution in [3.63, 3.8) is 0 Å². The lowest BCUT2D eigenvalue weighted by atomic mass is 9.63. The van der Waals surface area contributed by atoms with E-state index in [4.69, 9.17) is 11.6 Å². The largest absolute Gasteiger partial charge is 0.123 e. The summed E-state index contributed by atoms with van der Waals surface area (Å²) in [5, 5.41) is 0.475. The van der Waals surface area contributed by atoms with Gasteiger partial charge in [-0.05, 0) is 55.8 Å². The Balaban J connectivity index is 1.99. The maximum Gasteiger partial charge on any atom is 0.0336 e. The third-order valence-electron chi connectivity index (χ3n) is 5.36. The molecule has 0 aliphatic heterocycles. The van der Waals surface area contributed by atoms with Crippen molar-refractivity contribution in [3.8, 4) is 0 Å². The van der Waals surface area contributed by atoms with E-state index in [9.17, 15) is 0 Å². The molecule has 0 amide bonds. The Morgan fingerprint density at radius 2 is 1.47 bits per heavy atom. The highest BCUT2D eigenvalue weighted by molar-refractivity contribution is 6.20. The zero-order valence-electron chi connectivity index (χ0n) is 11.7. The van der Waals surface area contributed by atoms with Crippen molar-refractivity contribution in [2.45, 2.75) is 83.4 Å². The summed E-state index contributed by atoms with van der Waals surface area (Å²) in [7, 11) is 0. The number of halogens is 1. The van der Waals surface area contributed by atoms with E-state index in [0.29, 0.717) is 10.8 Å². The fraction of sp³-hybridized carbons (Fsp3) is 1.00. The van der Waals surface area contributed by atoms with Crippen molar-refractivity contribution in [3.05, 3.63) is 0 Å². The number of alkyl halides is 1. The van der Waals surface area contributed by atoms with Gasteiger partial charge in [0, 0.05) is 5.38 Å². The molecule has 0 spiro atoms. The summed E-state index contributed by atoms with van der Waals surface area (Å²) in [5.41, 5.74) is 0.574. The van der Waals surface area contributed by atoms with Crippen LogP contribution in [0.1, 0.15) is 78.1 Å². The number of hydrogen-bond donors (Lipinski definition) is 0. The average Bonchev–Trinajstić information content (AvgIpc) is 2.27. The molecule has 0 aromatic carbocycles. The maximum atomic E-state index is 6.25. The van der Waals surface area contributed by atoms with E-state index in [1.165, 1.54) is 64.2 Å². The average molecular weight is 257 g/mol. The Bertz CT molecular complexity index is 226. The number of hydrogen-bond acceptors (Lipinski definition) is 0. The van der Waals surface area contributed by atoms with Gasteiger partial charge in [0.2, 0.25) is 0 Å². The summed E-state index contributed by atoms with van der Waals surface area (Å²) in [4.78, 5) is 0. The third kappa shape index (κ3) is 3.63. The minimum Gasteiger partial charge on any atom is -0.123 e. The van der Waals surface area contributed by atoms with Gasteiger partial charge in [-0.25, -0.2) is 0 Å². The van der Waals surface area contributed by atoms with Crippen LogP contribution >= 0.6 is 11.6 Å². The van der Waals surface area contributed by atoms with Gasteiger partial charge < -0.3 is 0 Å². The van der Waals surface area contributed by atoms with Crippen molar-refractivity contribution in [1.29, 1.82) is 0 Å². The summed E-state index contributed by atoms with van der Waals surface area (Å²) < 4.78 is 0. The molecule has 0 bridgehead atoms. The quantitative estimate of drug-likeness (QED) is 0.522. The molecule has 0 aromatic heterocycles. The van der Waals surface area contributed by atoms with Crippen LogP contribution in [-0.4, -0.2) is 5.38 Å². The fourth-order valence-electron chi connectivity index (χ4n) is 4.23. The molecule has 0 aromatic rings. The number of rotatable bonds is 1. The van der Waals surface area contributed by atoms with Crippen LogP contribution in [-0.2, 0) is 0 Å². The molecule has 0 saturated heterocycles. The van der Waals surface area contributed by atoms with Crippen molar-refractivity contribution < 1.29 is 0 Å².